The van der Waals surface area contributed by atoms with Crippen LogP contribution < -0.4 is 9.47 Å². The Morgan fingerprint density at radius 1 is 0.783 bits per heavy atom. The predicted molar refractivity (Wildman–Crippen MR) is 84.0 cm³/mol. The zero-order valence-corrected chi connectivity index (χ0v) is 11.9. The van der Waals surface area contributed by atoms with Crippen molar-refractivity contribution in [3.63, 3.8) is 0 Å². The number of hydrogen-bond donors (Lipinski definition) is 0. The number of fused-ring (bicyclic) bond motifs is 2. The molecular formula is C18H11FN2O2. The van der Waals surface area contributed by atoms with Crippen LogP contribution in [0.4, 0.5) is 4.39 Å². The van der Waals surface area contributed by atoms with Crippen molar-refractivity contribution in [2.75, 3.05) is 0 Å². The molecule has 3 aromatic rings. The first kappa shape index (κ1) is 13.5. The highest BCUT2D eigenvalue weighted by Crippen LogP contribution is 2.43. The van der Waals surface area contributed by atoms with E-state index in [1.807, 2.05) is 18.2 Å². The summed E-state index contributed by atoms with van der Waals surface area (Å²) in [6, 6.07) is 15.4. The largest absolute Gasteiger partial charge is 0.448 e. The van der Waals surface area contributed by atoms with Crippen molar-refractivity contribution in [3.8, 4) is 23.1 Å². The summed E-state index contributed by atoms with van der Waals surface area (Å²) < 4.78 is 24.6. The summed E-state index contributed by atoms with van der Waals surface area (Å²) in [6.07, 6.45) is 3.50. The zero-order valence-electron chi connectivity index (χ0n) is 11.9. The van der Waals surface area contributed by atoms with Crippen molar-refractivity contribution in [2.45, 2.75) is 0 Å². The smallest absolute Gasteiger partial charge is 0.282 e. The number of nitrogens with zero attached hydrogens (tertiary/aromatic N) is 2. The molecule has 0 N–H and O–H groups in total. The highest BCUT2D eigenvalue weighted by Gasteiger charge is 2.20. The summed E-state index contributed by atoms with van der Waals surface area (Å²) in [5.74, 6) is 1.78. The number of para-hydroxylation sites is 2. The van der Waals surface area contributed by atoms with Crippen LogP contribution in [0.15, 0.2) is 54.6 Å². The summed E-state index contributed by atoms with van der Waals surface area (Å²) in [4.78, 5) is 0. The summed E-state index contributed by atoms with van der Waals surface area (Å²) in [5, 5.41) is 8.09. The molecule has 0 saturated heterocycles. The van der Waals surface area contributed by atoms with E-state index in [1.165, 1.54) is 12.1 Å². The second kappa shape index (κ2) is 5.53. The van der Waals surface area contributed by atoms with Gasteiger partial charge in [0.15, 0.2) is 17.2 Å². The van der Waals surface area contributed by atoms with Crippen molar-refractivity contribution < 1.29 is 13.9 Å². The van der Waals surface area contributed by atoms with E-state index >= 15 is 0 Å². The van der Waals surface area contributed by atoms with E-state index in [9.17, 15) is 4.39 Å². The third-order valence-corrected chi connectivity index (χ3v) is 3.32. The second-order valence-electron chi connectivity index (χ2n) is 4.98. The van der Waals surface area contributed by atoms with Gasteiger partial charge < -0.3 is 9.47 Å². The van der Waals surface area contributed by atoms with Crippen LogP contribution in [-0.2, 0) is 0 Å². The highest BCUT2D eigenvalue weighted by molar-refractivity contribution is 5.69. The number of ether oxygens (including phenoxy) is 2. The minimum Gasteiger partial charge on any atom is -0.448 e. The summed E-state index contributed by atoms with van der Waals surface area (Å²) in [5.41, 5.74) is 1.34. The van der Waals surface area contributed by atoms with Gasteiger partial charge in [-0.25, -0.2) is 4.39 Å². The highest BCUT2D eigenvalue weighted by atomic mass is 19.1. The van der Waals surface area contributed by atoms with Crippen LogP contribution in [0.25, 0.3) is 12.2 Å². The molecule has 1 aliphatic rings. The van der Waals surface area contributed by atoms with Crippen LogP contribution in [0.5, 0.6) is 23.1 Å². The molecule has 0 aliphatic carbocycles. The maximum atomic E-state index is 13.2. The van der Waals surface area contributed by atoms with E-state index in [4.69, 9.17) is 9.47 Å². The molecule has 0 unspecified atom stereocenters. The van der Waals surface area contributed by atoms with Crippen LogP contribution in [0.3, 0.4) is 0 Å². The van der Waals surface area contributed by atoms with Gasteiger partial charge in [0.05, 0.1) is 5.69 Å². The zero-order chi connectivity index (χ0) is 15.6. The first-order chi connectivity index (χ1) is 11.3. The molecule has 112 valence electrons. The van der Waals surface area contributed by atoms with Gasteiger partial charge in [0.25, 0.3) is 5.88 Å². The number of halogens is 1. The van der Waals surface area contributed by atoms with Gasteiger partial charge in [0.2, 0.25) is 0 Å². The molecule has 2 heterocycles. The van der Waals surface area contributed by atoms with Crippen molar-refractivity contribution in [3.05, 3.63) is 71.7 Å². The molecule has 0 atom stereocenters. The van der Waals surface area contributed by atoms with Gasteiger partial charge in [-0.1, -0.05) is 30.3 Å². The Hall–Kier alpha value is -3.21. The lowest BCUT2D eigenvalue weighted by Gasteiger charge is -2.18. The van der Waals surface area contributed by atoms with Crippen LogP contribution in [-0.4, -0.2) is 10.2 Å². The minimum atomic E-state index is -0.281. The Morgan fingerprint density at radius 3 is 2.43 bits per heavy atom. The standard InChI is InChI=1S/C18H11FN2O2/c19-13-5-3-4-12(10-13)8-9-14-11-17-18(21-20-14)23-16-7-2-1-6-15(16)22-17/h1-11H. The van der Waals surface area contributed by atoms with Gasteiger partial charge in [0, 0.05) is 6.07 Å². The Kier molecular flexibility index (Phi) is 3.24. The molecule has 5 heteroatoms. The summed E-state index contributed by atoms with van der Waals surface area (Å²) in [7, 11) is 0. The number of aromatic nitrogens is 2. The molecule has 1 aliphatic heterocycles. The van der Waals surface area contributed by atoms with E-state index in [1.54, 1.807) is 36.4 Å². The Bertz CT molecular complexity index is 909. The number of benzene rings is 2. The lowest BCUT2D eigenvalue weighted by Crippen LogP contribution is -2.02. The lowest BCUT2D eigenvalue weighted by atomic mass is 10.2. The van der Waals surface area contributed by atoms with E-state index in [2.05, 4.69) is 10.2 Å². The molecule has 4 nitrogen and oxygen atoms in total. The molecule has 4 rings (SSSR count). The van der Waals surface area contributed by atoms with Crippen LogP contribution in [0.1, 0.15) is 11.3 Å². The monoisotopic (exact) mass is 306 g/mol. The fraction of sp³-hybridized carbons (Fsp3) is 0. The third-order valence-electron chi connectivity index (χ3n) is 3.32. The van der Waals surface area contributed by atoms with Gasteiger partial charge in [-0.05, 0) is 35.9 Å². The van der Waals surface area contributed by atoms with Gasteiger partial charge >= 0.3 is 0 Å². The van der Waals surface area contributed by atoms with Crippen molar-refractivity contribution in [1.82, 2.24) is 10.2 Å². The van der Waals surface area contributed by atoms with E-state index in [-0.39, 0.29) is 5.82 Å². The molecule has 0 radical (unpaired) electrons. The third kappa shape index (κ3) is 2.76. The normalized spacial score (nSPS) is 12.2. The fourth-order valence-corrected chi connectivity index (χ4v) is 2.24. The molecule has 0 amide bonds. The molecule has 0 bridgehead atoms. The SMILES string of the molecule is Fc1cccc(C=Cc2cc3c(nn2)Oc2ccccc2O3)c1. The Balaban J connectivity index is 1.61. The predicted octanol–water partition coefficient (Wildman–Crippen LogP) is 4.68. The first-order valence-electron chi connectivity index (χ1n) is 7.04. The molecule has 0 saturated carbocycles. The average Bonchev–Trinajstić information content (AvgIpc) is 2.58. The summed E-state index contributed by atoms with van der Waals surface area (Å²) >= 11 is 0. The molecular weight excluding hydrogens is 295 g/mol. The molecule has 1 aromatic heterocycles. The van der Waals surface area contributed by atoms with Gasteiger partial charge in [-0.2, -0.15) is 0 Å². The fourth-order valence-electron chi connectivity index (χ4n) is 2.24. The Labute approximate surface area is 131 Å². The molecule has 23 heavy (non-hydrogen) atoms. The first-order valence-corrected chi connectivity index (χ1v) is 7.04. The lowest BCUT2D eigenvalue weighted by molar-refractivity contribution is 0.343. The van der Waals surface area contributed by atoms with Crippen LogP contribution in [0.2, 0.25) is 0 Å². The van der Waals surface area contributed by atoms with E-state index in [0.717, 1.165) is 5.56 Å². The second-order valence-corrected chi connectivity index (χ2v) is 4.98. The van der Waals surface area contributed by atoms with Gasteiger partial charge in [-0.3, -0.25) is 0 Å². The summed E-state index contributed by atoms with van der Waals surface area (Å²) in [6.45, 7) is 0. The maximum Gasteiger partial charge on any atom is 0.282 e. The molecule has 0 fully saturated rings. The molecule has 0 spiro atoms. The quantitative estimate of drug-likeness (QED) is 0.539. The van der Waals surface area contributed by atoms with Crippen LogP contribution >= 0.6 is 0 Å². The number of hydrogen-bond acceptors (Lipinski definition) is 4. The molecule has 2 aromatic carbocycles. The van der Waals surface area contributed by atoms with Crippen molar-refractivity contribution in [1.29, 1.82) is 0 Å². The minimum absolute atomic E-state index is 0.281. The van der Waals surface area contributed by atoms with Crippen molar-refractivity contribution in [2.24, 2.45) is 0 Å². The van der Waals surface area contributed by atoms with Gasteiger partial charge in [0.1, 0.15) is 5.82 Å². The van der Waals surface area contributed by atoms with Crippen LogP contribution in [0, 0.1) is 5.82 Å². The van der Waals surface area contributed by atoms with E-state index < -0.39 is 0 Å². The maximum absolute atomic E-state index is 13.2. The van der Waals surface area contributed by atoms with Gasteiger partial charge in [-0.15, -0.1) is 10.2 Å². The van der Waals surface area contributed by atoms with E-state index in [0.29, 0.717) is 28.8 Å². The van der Waals surface area contributed by atoms with Crippen molar-refractivity contribution >= 4 is 12.2 Å². The topological polar surface area (TPSA) is 44.2 Å². The number of rotatable bonds is 2. The average molecular weight is 306 g/mol. The Morgan fingerprint density at radius 2 is 1.61 bits per heavy atom.